The molecule has 0 saturated heterocycles. The van der Waals surface area contributed by atoms with Crippen molar-refractivity contribution >= 4 is 22.1 Å². The Morgan fingerprint density at radius 1 is 0.739 bits per heavy atom. The molecule has 0 aliphatic rings. The maximum absolute atomic E-state index is 6.35. The average molecular weight is 341 g/mol. The van der Waals surface area contributed by atoms with E-state index in [4.69, 9.17) is 8.54 Å². The molecule has 0 amide bonds. The summed E-state index contributed by atoms with van der Waals surface area (Å²) in [7, 11) is -2.26. The summed E-state index contributed by atoms with van der Waals surface area (Å²) in [6.45, 7) is 8.60. The molecule has 0 heterocycles. The molecule has 120 valence electrons. The van der Waals surface area contributed by atoms with E-state index in [0.717, 1.165) is 11.1 Å². The first-order valence-electron chi connectivity index (χ1n) is 7.75. The zero-order chi connectivity index (χ0) is 16.9. The van der Waals surface area contributed by atoms with E-state index in [0.29, 0.717) is 0 Å². The maximum atomic E-state index is 6.35. The van der Waals surface area contributed by atoms with Crippen LogP contribution in [0.2, 0.25) is 26.2 Å². The summed E-state index contributed by atoms with van der Waals surface area (Å²) < 4.78 is 11.9. The quantitative estimate of drug-likeness (QED) is 0.621. The second-order valence-corrected chi connectivity index (χ2v) is 14.0. The van der Waals surface area contributed by atoms with E-state index < -0.39 is 16.9 Å². The van der Waals surface area contributed by atoms with Crippen LogP contribution in [0, 0.1) is 11.8 Å². The van der Waals surface area contributed by atoms with Gasteiger partial charge in [0.25, 0.3) is 0 Å². The van der Waals surface area contributed by atoms with Crippen LogP contribution < -0.4 is 5.19 Å². The fourth-order valence-corrected chi connectivity index (χ4v) is 9.03. The topological polar surface area (TPSA) is 18.5 Å². The summed E-state index contributed by atoms with van der Waals surface area (Å²) in [4.78, 5) is 0. The Balaban J connectivity index is 2.15. The summed E-state index contributed by atoms with van der Waals surface area (Å²) in [5.41, 5.74) is 2.05. The van der Waals surface area contributed by atoms with Crippen LogP contribution >= 0.6 is 0 Å². The Morgan fingerprint density at radius 2 is 1.26 bits per heavy atom. The first-order valence-corrected chi connectivity index (χ1v) is 13.5. The van der Waals surface area contributed by atoms with Gasteiger partial charge in [0.1, 0.15) is 0 Å². The molecule has 4 heteroatoms. The highest BCUT2D eigenvalue weighted by Crippen LogP contribution is 2.15. The molecule has 0 unspecified atom stereocenters. The minimum Gasteiger partial charge on any atom is -0.432 e. The van der Waals surface area contributed by atoms with E-state index in [2.05, 4.69) is 62.3 Å². The van der Waals surface area contributed by atoms with Gasteiger partial charge in [-0.15, -0.1) is 0 Å². The number of hydrogen-bond acceptors (Lipinski definition) is 2. The van der Waals surface area contributed by atoms with Gasteiger partial charge in [0, 0.05) is 18.2 Å². The average Bonchev–Trinajstić information content (AvgIpc) is 2.53. The molecule has 2 nitrogen and oxygen atoms in total. The minimum atomic E-state index is -2.03. The van der Waals surface area contributed by atoms with Gasteiger partial charge in [-0.2, -0.15) is 0 Å². The molecule has 0 fully saturated rings. The summed E-state index contributed by atoms with van der Waals surface area (Å²) in [5, 5.41) is 1.26. The Hall–Kier alpha value is -1.65. The Morgan fingerprint density at radius 3 is 1.78 bits per heavy atom. The second kappa shape index (κ2) is 7.28. The predicted molar refractivity (Wildman–Crippen MR) is 102 cm³/mol. The molecule has 0 aliphatic heterocycles. The van der Waals surface area contributed by atoms with Crippen molar-refractivity contribution < 1.29 is 8.54 Å². The van der Waals surface area contributed by atoms with Crippen molar-refractivity contribution in [3.63, 3.8) is 0 Å². The maximum Gasteiger partial charge on any atom is 0.321 e. The molecule has 0 radical (unpaired) electrons. The first-order chi connectivity index (χ1) is 10.8. The Labute approximate surface area is 141 Å². The van der Waals surface area contributed by atoms with Crippen LogP contribution in [0.3, 0.4) is 0 Å². The van der Waals surface area contributed by atoms with Crippen LogP contribution in [-0.4, -0.2) is 24.0 Å². The van der Waals surface area contributed by atoms with Gasteiger partial charge in [-0.1, -0.05) is 42.2 Å². The van der Waals surface area contributed by atoms with E-state index in [9.17, 15) is 0 Å². The highest BCUT2D eigenvalue weighted by atomic mass is 28.4. The van der Waals surface area contributed by atoms with Crippen LogP contribution in [0.5, 0.6) is 0 Å². The van der Waals surface area contributed by atoms with Gasteiger partial charge in [0.05, 0.1) is 0 Å². The van der Waals surface area contributed by atoms with Crippen molar-refractivity contribution in [2.24, 2.45) is 0 Å². The molecule has 0 aliphatic carbocycles. The fourth-order valence-electron chi connectivity index (χ4n) is 2.34. The van der Waals surface area contributed by atoms with E-state index in [1.165, 1.54) is 5.19 Å². The van der Waals surface area contributed by atoms with Crippen LogP contribution in [0.25, 0.3) is 0 Å². The normalized spacial score (nSPS) is 11.7. The van der Waals surface area contributed by atoms with Crippen LogP contribution in [0.15, 0.2) is 54.6 Å². The van der Waals surface area contributed by atoms with E-state index in [1.54, 1.807) is 7.11 Å². The molecular formula is C19H24O2Si2. The van der Waals surface area contributed by atoms with Crippen LogP contribution in [0.4, 0.5) is 0 Å². The lowest BCUT2D eigenvalue weighted by atomic mass is 10.2. The van der Waals surface area contributed by atoms with Crippen LogP contribution in [0.1, 0.15) is 11.1 Å². The molecule has 0 spiro atoms. The third-order valence-corrected chi connectivity index (χ3v) is 10.4. The molecular weight excluding hydrogens is 316 g/mol. The molecule has 2 rings (SSSR count). The number of hydrogen-bond donors (Lipinski definition) is 0. The number of rotatable bonds is 4. The van der Waals surface area contributed by atoms with Crippen molar-refractivity contribution in [1.29, 1.82) is 0 Å². The SMILES string of the molecule is CO[Si](C)(C)O[Si](C)(C)c1ccc(C#Cc2ccccc2)cc1. The predicted octanol–water partition coefficient (Wildman–Crippen LogP) is 3.86. The van der Waals surface area contributed by atoms with Gasteiger partial charge in [0.2, 0.25) is 8.32 Å². The lowest BCUT2D eigenvalue weighted by Crippen LogP contribution is -2.53. The molecule has 23 heavy (non-hydrogen) atoms. The van der Waals surface area contributed by atoms with E-state index in [-0.39, 0.29) is 0 Å². The van der Waals surface area contributed by atoms with Crippen molar-refractivity contribution in [3.8, 4) is 11.8 Å². The highest BCUT2D eigenvalue weighted by Gasteiger charge is 2.35. The van der Waals surface area contributed by atoms with E-state index >= 15 is 0 Å². The van der Waals surface area contributed by atoms with Crippen molar-refractivity contribution in [1.82, 2.24) is 0 Å². The summed E-state index contributed by atoms with van der Waals surface area (Å²) in [6, 6.07) is 18.5. The van der Waals surface area contributed by atoms with Gasteiger partial charge in [-0.3, -0.25) is 0 Å². The molecule has 0 bridgehead atoms. The molecule has 0 aromatic heterocycles. The lowest BCUT2D eigenvalue weighted by Gasteiger charge is -2.32. The Bertz CT molecular complexity index is 696. The largest absolute Gasteiger partial charge is 0.432 e. The summed E-state index contributed by atoms with van der Waals surface area (Å²) >= 11 is 0. The van der Waals surface area contributed by atoms with Crippen LogP contribution in [-0.2, 0) is 8.54 Å². The van der Waals surface area contributed by atoms with Crippen molar-refractivity contribution in [2.45, 2.75) is 26.2 Å². The molecule has 0 saturated carbocycles. The third-order valence-electron chi connectivity index (χ3n) is 3.70. The monoisotopic (exact) mass is 340 g/mol. The Kier molecular flexibility index (Phi) is 5.61. The lowest BCUT2D eigenvalue weighted by molar-refractivity contribution is 0.313. The minimum absolute atomic E-state index is 1.02. The fraction of sp³-hybridized carbons (Fsp3) is 0.263. The third kappa shape index (κ3) is 5.19. The van der Waals surface area contributed by atoms with Gasteiger partial charge >= 0.3 is 8.56 Å². The summed E-state index contributed by atoms with van der Waals surface area (Å²) in [6.07, 6.45) is 0. The standard InChI is InChI=1S/C19H24O2Si2/c1-20-23(4,5)21-22(2,3)19-15-13-18(14-16-19)12-11-17-9-7-6-8-10-17/h6-10,13-16H,1-5H3. The van der Waals surface area contributed by atoms with Crippen molar-refractivity contribution in [2.75, 3.05) is 7.11 Å². The van der Waals surface area contributed by atoms with Gasteiger partial charge in [-0.25, -0.2) is 0 Å². The van der Waals surface area contributed by atoms with E-state index in [1.807, 2.05) is 30.3 Å². The molecule has 2 aromatic carbocycles. The molecule has 2 aromatic rings. The first kappa shape index (κ1) is 17.7. The van der Waals surface area contributed by atoms with Crippen molar-refractivity contribution in [3.05, 3.63) is 65.7 Å². The smallest absolute Gasteiger partial charge is 0.321 e. The van der Waals surface area contributed by atoms with Gasteiger partial charge < -0.3 is 8.54 Å². The number of benzene rings is 2. The highest BCUT2D eigenvalue weighted by molar-refractivity contribution is 6.90. The second-order valence-electron chi connectivity index (χ2n) is 6.41. The van der Waals surface area contributed by atoms with Gasteiger partial charge in [0.15, 0.2) is 0 Å². The summed E-state index contributed by atoms with van der Waals surface area (Å²) in [5.74, 6) is 6.39. The molecule has 0 atom stereocenters. The van der Waals surface area contributed by atoms with Gasteiger partial charge in [-0.05, 0) is 55.6 Å². The molecule has 0 N–H and O–H groups in total. The zero-order valence-electron chi connectivity index (χ0n) is 14.5. The zero-order valence-corrected chi connectivity index (χ0v) is 16.5.